The number of aryl methyl sites for hydroxylation is 2. The first-order chi connectivity index (χ1) is 15.2. The Balaban J connectivity index is 1.73. The molecule has 0 atom stereocenters. The Kier molecular flexibility index (Phi) is 7.20. The third-order valence-electron chi connectivity index (χ3n) is 5.22. The van der Waals surface area contributed by atoms with Crippen molar-refractivity contribution in [1.82, 2.24) is 5.32 Å². The first-order valence-electron chi connectivity index (χ1n) is 10.2. The number of sulfonamides is 1. The van der Waals surface area contributed by atoms with Crippen molar-refractivity contribution >= 4 is 21.6 Å². The number of hydrogen-bond donors (Lipinski definition) is 1. The number of para-hydroxylation sites is 1. The smallest absolute Gasteiger partial charge is 0.251 e. The maximum absolute atomic E-state index is 12.5. The zero-order valence-electron chi connectivity index (χ0n) is 18.8. The molecule has 0 saturated carbocycles. The summed E-state index contributed by atoms with van der Waals surface area (Å²) in [4.78, 5) is 12.5. The van der Waals surface area contributed by atoms with Gasteiger partial charge in [0, 0.05) is 12.1 Å². The molecule has 3 aromatic rings. The topological polar surface area (TPSA) is 75.7 Å². The van der Waals surface area contributed by atoms with E-state index >= 15 is 0 Å². The molecule has 6 nitrogen and oxygen atoms in total. The Morgan fingerprint density at radius 2 is 1.56 bits per heavy atom. The summed E-state index contributed by atoms with van der Waals surface area (Å²) in [6, 6.07) is 20.2. The van der Waals surface area contributed by atoms with E-state index in [4.69, 9.17) is 4.74 Å². The Morgan fingerprint density at radius 1 is 0.938 bits per heavy atom. The molecular weight excluding hydrogens is 424 g/mol. The van der Waals surface area contributed by atoms with Crippen LogP contribution in [0.5, 0.6) is 5.75 Å². The molecule has 0 aliphatic heterocycles. The van der Waals surface area contributed by atoms with Gasteiger partial charge in [-0.1, -0.05) is 42.5 Å². The highest BCUT2D eigenvalue weighted by atomic mass is 32.2. The molecule has 0 bridgehead atoms. The highest BCUT2D eigenvalue weighted by Gasteiger charge is 2.21. The molecule has 168 valence electrons. The number of anilines is 1. The first kappa shape index (κ1) is 23.3. The predicted octanol–water partition coefficient (Wildman–Crippen LogP) is 4.21. The molecule has 0 unspecified atom stereocenters. The standard InChI is InChI=1S/C25H28N2O4S/c1-18-7-5-8-19(2)24(18)27(32(4,29)30)17-20-11-13-22(14-12-20)25(28)26-16-21-9-6-10-23(15-21)31-3/h5-15H,16-17H2,1-4H3,(H,26,28). The summed E-state index contributed by atoms with van der Waals surface area (Å²) in [7, 11) is -1.89. The minimum Gasteiger partial charge on any atom is -0.497 e. The van der Waals surface area contributed by atoms with E-state index in [9.17, 15) is 13.2 Å². The first-order valence-corrected chi connectivity index (χ1v) is 12.1. The fourth-order valence-corrected chi connectivity index (χ4v) is 4.56. The number of nitrogens with zero attached hydrogens (tertiary/aromatic N) is 1. The summed E-state index contributed by atoms with van der Waals surface area (Å²) in [5.74, 6) is 0.537. The van der Waals surface area contributed by atoms with Crippen LogP contribution in [0, 0.1) is 13.8 Å². The van der Waals surface area contributed by atoms with Crippen molar-refractivity contribution < 1.29 is 17.9 Å². The van der Waals surface area contributed by atoms with Crippen molar-refractivity contribution in [2.45, 2.75) is 26.9 Å². The number of benzene rings is 3. The van der Waals surface area contributed by atoms with Crippen LogP contribution >= 0.6 is 0 Å². The van der Waals surface area contributed by atoms with Gasteiger partial charge in [-0.3, -0.25) is 9.10 Å². The van der Waals surface area contributed by atoms with Crippen molar-refractivity contribution in [3.05, 3.63) is 94.5 Å². The molecule has 0 fully saturated rings. The fraction of sp³-hybridized carbons (Fsp3) is 0.240. The van der Waals surface area contributed by atoms with Gasteiger partial charge in [-0.2, -0.15) is 0 Å². The van der Waals surface area contributed by atoms with Gasteiger partial charge in [-0.15, -0.1) is 0 Å². The quantitative estimate of drug-likeness (QED) is 0.556. The number of carbonyl (C=O) groups is 1. The third kappa shape index (κ3) is 5.68. The summed E-state index contributed by atoms with van der Waals surface area (Å²) < 4.78 is 31.7. The van der Waals surface area contributed by atoms with Gasteiger partial charge in [-0.05, 0) is 60.4 Å². The second-order valence-corrected chi connectivity index (χ2v) is 9.65. The minimum atomic E-state index is -3.49. The van der Waals surface area contributed by atoms with Gasteiger partial charge in [0.2, 0.25) is 10.0 Å². The lowest BCUT2D eigenvalue weighted by Gasteiger charge is -2.26. The average Bonchev–Trinajstić information content (AvgIpc) is 2.76. The van der Waals surface area contributed by atoms with Gasteiger partial charge >= 0.3 is 0 Å². The average molecular weight is 453 g/mol. The fourth-order valence-electron chi connectivity index (χ4n) is 3.56. The van der Waals surface area contributed by atoms with Crippen molar-refractivity contribution in [2.75, 3.05) is 17.7 Å². The number of nitrogens with one attached hydrogen (secondary N) is 1. The van der Waals surface area contributed by atoms with Gasteiger partial charge in [0.25, 0.3) is 5.91 Å². The summed E-state index contributed by atoms with van der Waals surface area (Å²) in [5.41, 5.74) is 4.71. The van der Waals surface area contributed by atoms with E-state index < -0.39 is 10.0 Å². The lowest BCUT2D eigenvalue weighted by atomic mass is 10.1. The molecular formula is C25H28N2O4S. The van der Waals surface area contributed by atoms with Crippen molar-refractivity contribution in [3.8, 4) is 5.75 Å². The van der Waals surface area contributed by atoms with Crippen LogP contribution < -0.4 is 14.4 Å². The van der Waals surface area contributed by atoms with E-state index in [0.717, 1.165) is 28.0 Å². The predicted molar refractivity (Wildman–Crippen MR) is 128 cm³/mol. The lowest BCUT2D eigenvalue weighted by molar-refractivity contribution is 0.0951. The summed E-state index contributed by atoms with van der Waals surface area (Å²) >= 11 is 0. The molecule has 1 amide bonds. The number of hydrogen-bond acceptors (Lipinski definition) is 4. The van der Waals surface area contributed by atoms with Crippen LogP contribution in [0.25, 0.3) is 0 Å². The molecule has 7 heteroatoms. The van der Waals surface area contributed by atoms with E-state index in [0.29, 0.717) is 17.8 Å². The number of rotatable bonds is 8. The van der Waals surface area contributed by atoms with Crippen molar-refractivity contribution in [1.29, 1.82) is 0 Å². The summed E-state index contributed by atoms with van der Waals surface area (Å²) in [6.07, 6.45) is 1.21. The molecule has 3 aromatic carbocycles. The molecule has 0 aromatic heterocycles. The third-order valence-corrected chi connectivity index (χ3v) is 6.33. The van der Waals surface area contributed by atoms with Crippen LogP contribution in [-0.2, 0) is 23.1 Å². The van der Waals surface area contributed by atoms with Crippen LogP contribution in [0.2, 0.25) is 0 Å². The molecule has 0 aliphatic rings. The Hall–Kier alpha value is -3.32. The maximum atomic E-state index is 12.5. The Bertz CT molecular complexity index is 1180. The second-order valence-electron chi connectivity index (χ2n) is 7.74. The summed E-state index contributed by atoms with van der Waals surface area (Å²) in [5, 5.41) is 2.89. The van der Waals surface area contributed by atoms with Crippen LogP contribution in [0.15, 0.2) is 66.7 Å². The van der Waals surface area contributed by atoms with Crippen molar-refractivity contribution in [3.63, 3.8) is 0 Å². The summed E-state index contributed by atoms with van der Waals surface area (Å²) in [6.45, 7) is 4.37. The van der Waals surface area contributed by atoms with Crippen LogP contribution in [0.3, 0.4) is 0 Å². The van der Waals surface area contributed by atoms with Crippen LogP contribution in [0.4, 0.5) is 5.69 Å². The van der Waals surface area contributed by atoms with Gasteiger partial charge in [0.15, 0.2) is 0 Å². The molecule has 0 aliphatic carbocycles. The number of ether oxygens (including phenoxy) is 1. The highest BCUT2D eigenvalue weighted by Crippen LogP contribution is 2.28. The van der Waals surface area contributed by atoms with E-state index in [-0.39, 0.29) is 12.5 Å². The zero-order valence-corrected chi connectivity index (χ0v) is 19.6. The van der Waals surface area contributed by atoms with E-state index in [1.54, 1.807) is 31.4 Å². The highest BCUT2D eigenvalue weighted by molar-refractivity contribution is 7.92. The van der Waals surface area contributed by atoms with Gasteiger partial charge < -0.3 is 10.1 Å². The minimum absolute atomic E-state index is 0.191. The number of carbonyl (C=O) groups excluding carboxylic acids is 1. The largest absolute Gasteiger partial charge is 0.497 e. The molecule has 0 heterocycles. The normalized spacial score (nSPS) is 11.1. The Labute approximate surface area is 189 Å². The van der Waals surface area contributed by atoms with Crippen LogP contribution in [0.1, 0.15) is 32.6 Å². The van der Waals surface area contributed by atoms with E-state index in [1.165, 1.54) is 10.6 Å². The van der Waals surface area contributed by atoms with E-state index in [2.05, 4.69) is 5.32 Å². The van der Waals surface area contributed by atoms with Crippen molar-refractivity contribution in [2.24, 2.45) is 0 Å². The maximum Gasteiger partial charge on any atom is 0.251 e. The number of methoxy groups -OCH3 is 1. The SMILES string of the molecule is COc1cccc(CNC(=O)c2ccc(CN(c3c(C)cccc3C)S(C)(=O)=O)cc2)c1. The van der Waals surface area contributed by atoms with E-state index in [1.807, 2.05) is 56.3 Å². The van der Waals surface area contributed by atoms with Gasteiger partial charge in [0.05, 0.1) is 25.6 Å². The second kappa shape index (κ2) is 9.87. The molecule has 0 saturated heterocycles. The molecule has 0 spiro atoms. The molecule has 0 radical (unpaired) electrons. The molecule has 3 rings (SSSR count). The Morgan fingerprint density at radius 3 is 2.16 bits per heavy atom. The monoisotopic (exact) mass is 452 g/mol. The van der Waals surface area contributed by atoms with Gasteiger partial charge in [-0.25, -0.2) is 8.42 Å². The number of amides is 1. The zero-order chi connectivity index (χ0) is 23.3. The lowest BCUT2D eigenvalue weighted by Crippen LogP contribution is -2.30. The van der Waals surface area contributed by atoms with Crippen LogP contribution in [-0.4, -0.2) is 27.7 Å². The molecule has 1 N–H and O–H groups in total. The molecule has 32 heavy (non-hydrogen) atoms. The van der Waals surface area contributed by atoms with Gasteiger partial charge in [0.1, 0.15) is 5.75 Å².